The molecule has 0 radical (unpaired) electrons. The van der Waals surface area contributed by atoms with Gasteiger partial charge in [0, 0.05) is 68.5 Å². The van der Waals surface area contributed by atoms with Gasteiger partial charge in [-0.05, 0) is 49.9 Å². The predicted octanol–water partition coefficient (Wildman–Crippen LogP) is 5.11. The maximum absolute atomic E-state index is 6.25. The minimum atomic E-state index is 0.153. The van der Waals surface area contributed by atoms with Crippen molar-refractivity contribution in [1.82, 2.24) is 19.8 Å². The van der Waals surface area contributed by atoms with E-state index in [0.29, 0.717) is 11.9 Å². The zero-order valence-corrected chi connectivity index (χ0v) is 24.9. The summed E-state index contributed by atoms with van der Waals surface area (Å²) in [4.78, 5) is 23.2. The lowest BCUT2D eigenvalue weighted by Crippen LogP contribution is -2.53. The number of piperidine rings is 1. The first-order chi connectivity index (χ1) is 20.7. The molecule has 1 saturated carbocycles. The van der Waals surface area contributed by atoms with E-state index >= 15 is 0 Å². The Morgan fingerprint density at radius 1 is 0.952 bits per heavy atom. The number of methoxy groups -OCH3 is 1. The van der Waals surface area contributed by atoms with Gasteiger partial charge >= 0.3 is 0 Å². The van der Waals surface area contributed by atoms with Gasteiger partial charge in [0.15, 0.2) is 5.82 Å². The number of nitrogens with zero attached hydrogens (tertiary/aromatic N) is 6. The van der Waals surface area contributed by atoms with Gasteiger partial charge in [-0.15, -0.1) is 0 Å². The molecule has 222 valence electrons. The fourth-order valence-electron chi connectivity index (χ4n) is 7.09. The van der Waals surface area contributed by atoms with Crippen LogP contribution in [0.15, 0.2) is 60.9 Å². The summed E-state index contributed by atoms with van der Waals surface area (Å²) in [7, 11) is 1.73. The van der Waals surface area contributed by atoms with E-state index in [0.717, 1.165) is 37.0 Å². The van der Waals surface area contributed by atoms with Crippen LogP contribution in [0.4, 0.5) is 23.0 Å². The van der Waals surface area contributed by atoms with Gasteiger partial charge in [-0.2, -0.15) is 0 Å². The second-order valence-corrected chi connectivity index (χ2v) is 12.2. The molecule has 4 aliphatic rings. The molecule has 3 saturated heterocycles. The van der Waals surface area contributed by atoms with E-state index < -0.39 is 0 Å². The Kier molecular flexibility index (Phi) is 7.65. The van der Waals surface area contributed by atoms with Gasteiger partial charge in [0.25, 0.3) is 0 Å². The number of rotatable bonds is 8. The van der Waals surface area contributed by atoms with E-state index in [-0.39, 0.29) is 11.5 Å². The van der Waals surface area contributed by atoms with Crippen molar-refractivity contribution in [1.29, 1.82) is 0 Å². The van der Waals surface area contributed by atoms with Crippen molar-refractivity contribution in [2.75, 3.05) is 74.8 Å². The van der Waals surface area contributed by atoms with Crippen molar-refractivity contribution < 1.29 is 9.57 Å². The van der Waals surface area contributed by atoms with E-state index in [1.807, 2.05) is 11.1 Å². The third kappa shape index (κ3) is 5.41. The van der Waals surface area contributed by atoms with Crippen molar-refractivity contribution in [2.24, 2.45) is 5.41 Å². The number of aromatic nitrogens is 2. The topological polar surface area (TPSA) is 69.2 Å². The van der Waals surface area contributed by atoms with Crippen LogP contribution in [0, 0.1) is 5.41 Å². The summed E-state index contributed by atoms with van der Waals surface area (Å²) >= 11 is 0. The maximum atomic E-state index is 6.25. The van der Waals surface area contributed by atoms with Crippen molar-refractivity contribution in [3.8, 4) is 5.75 Å². The van der Waals surface area contributed by atoms with Crippen LogP contribution in [-0.4, -0.2) is 85.3 Å². The molecule has 7 rings (SSSR count). The second kappa shape index (κ2) is 11.7. The van der Waals surface area contributed by atoms with Crippen LogP contribution in [0.1, 0.15) is 44.2 Å². The van der Waals surface area contributed by atoms with E-state index in [1.165, 1.54) is 69.7 Å². The lowest BCUT2D eigenvalue weighted by atomic mass is 9.91. The summed E-state index contributed by atoms with van der Waals surface area (Å²) in [6.07, 6.45) is 6.38. The van der Waals surface area contributed by atoms with Crippen molar-refractivity contribution >= 4 is 23.0 Å². The van der Waals surface area contributed by atoms with Crippen LogP contribution in [0.2, 0.25) is 0 Å². The zero-order valence-electron chi connectivity index (χ0n) is 24.9. The highest BCUT2D eigenvalue weighted by atomic mass is 16.7. The van der Waals surface area contributed by atoms with Gasteiger partial charge in [0.2, 0.25) is 0 Å². The minimum absolute atomic E-state index is 0.153. The summed E-state index contributed by atoms with van der Waals surface area (Å²) in [6, 6.07) is 19.9. The largest absolute Gasteiger partial charge is 0.494 e. The van der Waals surface area contributed by atoms with Gasteiger partial charge < -0.3 is 19.9 Å². The highest BCUT2D eigenvalue weighted by Crippen LogP contribution is 2.61. The summed E-state index contributed by atoms with van der Waals surface area (Å²) in [5.41, 5.74) is 3.54. The molecule has 3 aromatic rings. The third-order valence-electron chi connectivity index (χ3n) is 9.84. The van der Waals surface area contributed by atoms with Crippen LogP contribution in [0.3, 0.4) is 0 Å². The first-order valence-corrected chi connectivity index (χ1v) is 15.6. The van der Waals surface area contributed by atoms with Crippen LogP contribution < -0.4 is 20.0 Å². The molecule has 1 aromatic heterocycles. The third-order valence-corrected chi connectivity index (χ3v) is 9.84. The van der Waals surface area contributed by atoms with E-state index in [4.69, 9.17) is 9.57 Å². The SMILES string of the molecule is CCN1CCN(C2CCN(c3ccc(Nc4cc(N5OCC6(CC6)[C@H]5c5ccccc5)ncn4)c(OC)c3)CC2)CC1. The van der Waals surface area contributed by atoms with Gasteiger partial charge in [0.1, 0.15) is 17.9 Å². The summed E-state index contributed by atoms with van der Waals surface area (Å²) in [5, 5.41) is 5.47. The standard InChI is InChI=1S/C33H43N7O2/c1-3-37-17-19-39(20-18-37)26-11-15-38(16-12-26)27-9-10-28(29(21-27)41-2)36-30-22-31(35-24-34-30)40-32(25-7-5-4-6-8-25)33(13-14-33)23-42-40/h4-10,21-22,24,26,32H,3,11-20,23H2,1-2H3,(H,34,35,36)/t32-/m1/s1. The molecule has 1 atom stereocenters. The fourth-order valence-corrected chi connectivity index (χ4v) is 7.09. The molecule has 3 aliphatic heterocycles. The Morgan fingerprint density at radius 2 is 1.74 bits per heavy atom. The molecule has 0 bridgehead atoms. The highest BCUT2D eigenvalue weighted by molar-refractivity contribution is 5.70. The van der Waals surface area contributed by atoms with Crippen molar-refractivity contribution in [2.45, 2.75) is 44.7 Å². The molecule has 4 fully saturated rings. The fraction of sp³-hybridized carbons (Fsp3) is 0.515. The lowest BCUT2D eigenvalue weighted by molar-refractivity contribution is 0.0878. The van der Waals surface area contributed by atoms with Crippen LogP contribution in [-0.2, 0) is 4.84 Å². The smallest absolute Gasteiger partial charge is 0.158 e. The average molecular weight is 570 g/mol. The summed E-state index contributed by atoms with van der Waals surface area (Å²) in [6.45, 7) is 11.1. The van der Waals surface area contributed by atoms with E-state index in [2.05, 4.69) is 85.4 Å². The van der Waals surface area contributed by atoms with Gasteiger partial charge in [-0.1, -0.05) is 37.3 Å². The van der Waals surface area contributed by atoms with Crippen LogP contribution >= 0.6 is 0 Å². The number of nitrogens with one attached hydrogen (secondary N) is 1. The molecular formula is C33H43N7O2. The first-order valence-electron chi connectivity index (χ1n) is 15.6. The first kappa shape index (κ1) is 27.4. The van der Waals surface area contributed by atoms with E-state index in [9.17, 15) is 0 Å². The lowest BCUT2D eigenvalue weighted by Gasteiger charge is -2.43. The molecule has 1 spiro atoms. The maximum Gasteiger partial charge on any atom is 0.158 e. The zero-order chi connectivity index (χ0) is 28.5. The minimum Gasteiger partial charge on any atom is -0.494 e. The van der Waals surface area contributed by atoms with E-state index in [1.54, 1.807) is 13.4 Å². The van der Waals surface area contributed by atoms with Gasteiger partial charge in [-0.3, -0.25) is 9.74 Å². The second-order valence-electron chi connectivity index (χ2n) is 12.2. The Labute approximate surface area is 249 Å². The quantitative estimate of drug-likeness (QED) is 0.399. The van der Waals surface area contributed by atoms with Gasteiger partial charge in [0.05, 0.1) is 25.4 Å². The highest BCUT2D eigenvalue weighted by Gasteiger charge is 2.58. The number of anilines is 4. The van der Waals surface area contributed by atoms with Crippen LogP contribution in [0.25, 0.3) is 0 Å². The molecule has 9 nitrogen and oxygen atoms in total. The molecule has 0 amide bonds. The number of ether oxygens (including phenoxy) is 1. The monoisotopic (exact) mass is 569 g/mol. The number of hydrogen-bond acceptors (Lipinski definition) is 9. The van der Waals surface area contributed by atoms with Crippen molar-refractivity contribution in [3.63, 3.8) is 0 Å². The van der Waals surface area contributed by atoms with Gasteiger partial charge in [-0.25, -0.2) is 15.0 Å². The Balaban J connectivity index is 1.02. The summed E-state index contributed by atoms with van der Waals surface area (Å²) in [5.74, 6) is 2.28. The molecule has 1 aliphatic carbocycles. The predicted molar refractivity (Wildman–Crippen MR) is 167 cm³/mol. The Bertz CT molecular complexity index is 1350. The molecule has 4 heterocycles. The number of hydroxylamine groups is 1. The summed E-state index contributed by atoms with van der Waals surface area (Å²) < 4.78 is 5.85. The number of benzene rings is 2. The Morgan fingerprint density at radius 3 is 2.45 bits per heavy atom. The molecule has 2 aromatic carbocycles. The number of likely N-dealkylation sites (N-methyl/N-ethyl adjacent to an activating group) is 1. The number of piperazine rings is 1. The molecule has 9 heteroatoms. The Hall–Kier alpha value is -3.40. The molecule has 1 N–H and O–H groups in total. The molecule has 42 heavy (non-hydrogen) atoms. The number of hydrogen-bond donors (Lipinski definition) is 1. The average Bonchev–Trinajstić information content (AvgIpc) is 3.73. The molecular weight excluding hydrogens is 526 g/mol. The molecule has 0 unspecified atom stereocenters. The normalized spacial score (nSPS) is 23.0. The van der Waals surface area contributed by atoms with Crippen LogP contribution in [0.5, 0.6) is 5.75 Å². The van der Waals surface area contributed by atoms with Crippen molar-refractivity contribution in [3.05, 3.63) is 66.5 Å².